The maximum atomic E-state index is 12.5. The highest BCUT2D eigenvalue weighted by Gasteiger charge is 2.11. The second kappa shape index (κ2) is 9.11. The Morgan fingerprint density at radius 1 is 1.00 bits per heavy atom. The lowest BCUT2D eigenvalue weighted by Crippen LogP contribution is -2.14. The molecule has 0 aromatic heterocycles. The molecule has 4 nitrogen and oxygen atoms in total. The van der Waals surface area contributed by atoms with Crippen molar-refractivity contribution in [2.24, 2.45) is 5.92 Å². The molecule has 0 saturated heterocycles. The second-order valence-electron chi connectivity index (χ2n) is 6.67. The van der Waals surface area contributed by atoms with Gasteiger partial charge in [-0.25, -0.2) is 0 Å². The van der Waals surface area contributed by atoms with Crippen LogP contribution in [0.15, 0.2) is 48.5 Å². The van der Waals surface area contributed by atoms with Crippen molar-refractivity contribution in [1.82, 2.24) is 0 Å². The van der Waals surface area contributed by atoms with Crippen LogP contribution in [-0.4, -0.2) is 18.6 Å². The lowest BCUT2D eigenvalue weighted by atomic mass is 10.1. The predicted molar refractivity (Wildman–Crippen MR) is 102 cm³/mol. The van der Waals surface area contributed by atoms with Crippen LogP contribution in [0.25, 0.3) is 0 Å². The van der Waals surface area contributed by atoms with Crippen LogP contribution in [0.2, 0.25) is 0 Å². The summed E-state index contributed by atoms with van der Waals surface area (Å²) in [6.45, 7) is 8.92. The molecule has 0 bridgehead atoms. The van der Waals surface area contributed by atoms with Gasteiger partial charge in [0.25, 0.3) is 5.91 Å². The Morgan fingerprint density at radius 3 is 2.32 bits per heavy atom. The minimum atomic E-state index is -0.173. The molecular formula is C21H27NO3. The Balaban J connectivity index is 1.99. The highest BCUT2D eigenvalue weighted by Crippen LogP contribution is 2.25. The van der Waals surface area contributed by atoms with Crippen molar-refractivity contribution in [3.8, 4) is 11.5 Å². The molecule has 2 rings (SSSR count). The topological polar surface area (TPSA) is 47.6 Å². The first kappa shape index (κ1) is 18.8. The third kappa shape index (κ3) is 6.14. The molecule has 0 aliphatic carbocycles. The Morgan fingerprint density at radius 2 is 1.68 bits per heavy atom. The lowest BCUT2D eigenvalue weighted by molar-refractivity contribution is 0.102. The van der Waals surface area contributed by atoms with Gasteiger partial charge >= 0.3 is 0 Å². The maximum absolute atomic E-state index is 12.5. The average Bonchev–Trinajstić information content (AvgIpc) is 2.56. The largest absolute Gasteiger partial charge is 0.494 e. The zero-order valence-corrected chi connectivity index (χ0v) is 15.4. The molecular weight excluding hydrogens is 314 g/mol. The molecule has 4 heteroatoms. The van der Waals surface area contributed by atoms with E-state index in [0.717, 1.165) is 12.2 Å². The molecule has 2 aromatic carbocycles. The molecule has 1 amide bonds. The first-order valence-corrected chi connectivity index (χ1v) is 8.75. The zero-order valence-electron chi connectivity index (χ0n) is 15.4. The summed E-state index contributed by atoms with van der Waals surface area (Å²) in [7, 11) is 0. The third-order valence-corrected chi connectivity index (χ3v) is 3.58. The van der Waals surface area contributed by atoms with Gasteiger partial charge in [0.2, 0.25) is 0 Å². The fraction of sp³-hybridized carbons (Fsp3) is 0.381. The monoisotopic (exact) mass is 341 g/mol. The van der Waals surface area contributed by atoms with E-state index in [1.807, 2.05) is 50.2 Å². The summed E-state index contributed by atoms with van der Waals surface area (Å²) in [5, 5.41) is 2.90. The van der Waals surface area contributed by atoms with Crippen LogP contribution in [0, 0.1) is 5.92 Å². The van der Waals surface area contributed by atoms with Crippen LogP contribution in [0.1, 0.15) is 44.5 Å². The molecule has 134 valence electrons. The van der Waals surface area contributed by atoms with Gasteiger partial charge in [-0.15, -0.1) is 0 Å². The minimum Gasteiger partial charge on any atom is -0.494 e. The molecule has 0 aliphatic rings. The number of anilines is 1. The molecule has 0 unspecified atom stereocenters. The van der Waals surface area contributed by atoms with E-state index in [2.05, 4.69) is 19.2 Å². The van der Waals surface area contributed by atoms with Crippen LogP contribution in [0.5, 0.6) is 11.5 Å². The van der Waals surface area contributed by atoms with Gasteiger partial charge in [0.15, 0.2) is 0 Å². The van der Waals surface area contributed by atoms with Crippen molar-refractivity contribution in [2.45, 2.75) is 40.2 Å². The smallest absolute Gasteiger partial charge is 0.255 e. The molecule has 25 heavy (non-hydrogen) atoms. The van der Waals surface area contributed by atoms with Crippen molar-refractivity contribution < 1.29 is 14.3 Å². The number of carbonyl (C=O) groups excluding carboxylic acids is 1. The summed E-state index contributed by atoms with van der Waals surface area (Å²) in [4.78, 5) is 12.5. The molecule has 0 radical (unpaired) electrons. The van der Waals surface area contributed by atoms with E-state index >= 15 is 0 Å². The molecule has 0 aliphatic heterocycles. The van der Waals surface area contributed by atoms with E-state index in [1.165, 1.54) is 0 Å². The standard InChI is InChI=1S/C21H27NO3/c1-15(2)13-14-24-18-11-9-17(10-12-18)21(23)22-19-7-5-6-8-20(19)25-16(3)4/h5-12,15-16H,13-14H2,1-4H3,(H,22,23). The summed E-state index contributed by atoms with van der Waals surface area (Å²) in [6.07, 6.45) is 1.05. The van der Waals surface area contributed by atoms with E-state index in [4.69, 9.17) is 9.47 Å². The molecule has 0 atom stereocenters. The van der Waals surface area contributed by atoms with Crippen molar-refractivity contribution in [3.63, 3.8) is 0 Å². The third-order valence-electron chi connectivity index (χ3n) is 3.58. The lowest BCUT2D eigenvalue weighted by Gasteiger charge is -2.15. The summed E-state index contributed by atoms with van der Waals surface area (Å²) < 4.78 is 11.4. The van der Waals surface area contributed by atoms with E-state index in [9.17, 15) is 4.79 Å². The summed E-state index contributed by atoms with van der Waals surface area (Å²) >= 11 is 0. The van der Waals surface area contributed by atoms with Crippen molar-refractivity contribution in [3.05, 3.63) is 54.1 Å². The summed E-state index contributed by atoms with van der Waals surface area (Å²) in [5.74, 6) is 1.88. The molecule has 0 fully saturated rings. The number of carbonyl (C=O) groups is 1. The predicted octanol–water partition coefficient (Wildman–Crippen LogP) is 5.15. The number of rotatable bonds is 8. The van der Waals surface area contributed by atoms with E-state index in [1.54, 1.807) is 12.1 Å². The Bertz CT molecular complexity index is 678. The average molecular weight is 341 g/mol. The van der Waals surface area contributed by atoms with Crippen LogP contribution in [0.3, 0.4) is 0 Å². The Labute approximate surface area is 150 Å². The van der Waals surface area contributed by atoms with Crippen LogP contribution < -0.4 is 14.8 Å². The Hall–Kier alpha value is -2.49. The van der Waals surface area contributed by atoms with Crippen LogP contribution >= 0.6 is 0 Å². The van der Waals surface area contributed by atoms with Gasteiger partial charge in [0.1, 0.15) is 11.5 Å². The molecule has 0 spiro atoms. The van der Waals surface area contributed by atoms with E-state index in [-0.39, 0.29) is 12.0 Å². The highest BCUT2D eigenvalue weighted by atomic mass is 16.5. The van der Waals surface area contributed by atoms with Crippen LogP contribution in [0.4, 0.5) is 5.69 Å². The number of hydrogen-bond donors (Lipinski definition) is 1. The fourth-order valence-corrected chi connectivity index (χ4v) is 2.24. The molecule has 2 aromatic rings. The van der Waals surface area contributed by atoms with Gasteiger partial charge in [0, 0.05) is 5.56 Å². The van der Waals surface area contributed by atoms with E-state index < -0.39 is 0 Å². The van der Waals surface area contributed by atoms with Crippen molar-refractivity contribution in [1.29, 1.82) is 0 Å². The molecule has 1 N–H and O–H groups in total. The highest BCUT2D eigenvalue weighted by molar-refractivity contribution is 6.05. The minimum absolute atomic E-state index is 0.0420. The van der Waals surface area contributed by atoms with Gasteiger partial charge in [0.05, 0.1) is 18.4 Å². The van der Waals surface area contributed by atoms with Gasteiger partial charge < -0.3 is 14.8 Å². The summed E-state index contributed by atoms with van der Waals surface area (Å²) in [6, 6.07) is 14.6. The first-order valence-electron chi connectivity index (χ1n) is 8.75. The number of amides is 1. The SMILES string of the molecule is CC(C)CCOc1ccc(C(=O)Nc2ccccc2OC(C)C)cc1. The van der Waals surface area contributed by atoms with Crippen LogP contribution in [-0.2, 0) is 0 Å². The molecule has 0 heterocycles. The number of benzene rings is 2. The maximum Gasteiger partial charge on any atom is 0.255 e. The van der Waals surface area contributed by atoms with Crippen molar-refractivity contribution in [2.75, 3.05) is 11.9 Å². The zero-order chi connectivity index (χ0) is 18.2. The number of nitrogens with one attached hydrogen (secondary N) is 1. The normalized spacial score (nSPS) is 10.8. The van der Waals surface area contributed by atoms with Crippen molar-refractivity contribution >= 4 is 11.6 Å². The van der Waals surface area contributed by atoms with E-state index in [0.29, 0.717) is 29.5 Å². The number of hydrogen-bond acceptors (Lipinski definition) is 3. The second-order valence-corrected chi connectivity index (χ2v) is 6.67. The van der Waals surface area contributed by atoms with Gasteiger partial charge in [-0.05, 0) is 62.6 Å². The summed E-state index contributed by atoms with van der Waals surface area (Å²) in [5.41, 5.74) is 1.24. The molecule has 0 saturated carbocycles. The fourth-order valence-electron chi connectivity index (χ4n) is 2.24. The Kier molecular flexibility index (Phi) is 6.87. The number of para-hydroxylation sites is 2. The number of ether oxygens (including phenoxy) is 2. The van der Waals surface area contributed by atoms with Gasteiger partial charge in [-0.2, -0.15) is 0 Å². The quantitative estimate of drug-likeness (QED) is 0.722. The van der Waals surface area contributed by atoms with Gasteiger partial charge in [-0.3, -0.25) is 4.79 Å². The van der Waals surface area contributed by atoms with Gasteiger partial charge in [-0.1, -0.05) is 26.0 Å². The first-order chi connectivity index (χ1) is 12.0.